The molecule has 0 unspecified atom stereocenters. The first-order valence-corrected chi connectivity index (χ1v) is 5.59. The Morgan fingerprint density at radius 3 is 2.00 bits per heavy atom. The SMILES string of the molecule is O=C1C=C(Br)C(=O)O1.O=c1cc(Br)c(=O)[nH][nH]1. The van der Waals surface area contributed by atoms with Crippen molar-refractivity contribution in [3.63, 3.8) is 0 Å². The van der Waals surface area contributed by atoms with Crippen molar-refractivity contribution >= 4 is 43.8 Å². The Labute approximate surface area is 110 Å². The van der Waals surface area contributed by atoms with Gasteiger partial charge in [0.25, 0.3) is 11.1 Å². The van der Waals surface area contributed by atoms with E-state index in [4.69, 9.17) is 0 Å². The summed E-state index contributed by atoms with van der Waals surface area (Å²) in [6, 6.07) is 1.17. The maximum atomic E-state index is 10.5. The fourth-order valence-corrected chi connectivity index (χ4v) is 1.30. The highest BCUT2D eigenvalue weighted by Gasteiger charge is 2.20. The summed E-state index contributed by atoms with van der Waals surface area (Å²) in [4.78, 5) is 41.2. The number of ether oxygens (including phenoxy) is 1. The number of carbonyl (C=O) groups excluding carboxylic acids is 2. The number of H-pyrrole nitrogens is 2. The first-order valence-electron chi connectivity index (χ1n) is 4.01. The van der Waals surface area contributed by atoms with E-state index in [1.165, 1.54) is 6.07 Å². The van der Waals surface area contributed by atoms with E-state index in [1.54, 1.807) is 0 Å². The molecule has 17 heavy (non-hydrogen) atoms. The number of nitrogens with one attached hydrogen (secondary N) is 2. The summed E-state index contributed by atoms with van der Waals surface area (Å²) < 4.78 is 4.48. The van der Waals surface area contributed by atoms with Crippen LogP contribution in [0.1, 0.15) is 0 Å². The normalized spacial score (nSPS) is 13.6. The summed E-state index contributed by atoms with van der Waals surface area (Å²) in [6.07, 6.45) is 1.09. The third-order valence-corrected chi connectivity index (χ3v) is 2.55. The molecule has 7 nitrogen and oxygen atoms in total. The van der Waals surface area contributed by atoms with Crippen molar-refractivity contribution in [1.82, 2.24) is 10.2 Å². The molecule has 9 heteroatoms. The lowest BCUT2D eigenvalue weighted by Crippen LogP contribution is -2.17. The van der Waals surface area contributed by atoms with Crippen LogP contribution in [0.4, 0.5) is 0 Å². The second-order valence-electron chi connectivity index (χ2n) is 2.64. The zero-order chi connectivity index (χ0) is 13.0. The van der Waals surface area contributed by atoms with Gasteiger partial charge >= 0.3 is 11.9 Å². The Morgan fingerprint density at radius 2 is 1.71 bits per heavy atom. The van der Waals surface area contributed by atoms with E-state index in [-0.39, 0.29) is 20.1 Å². The van der Waals surface area contributed by atoms with Gasteiger partial charge in [-0.1, -0.05) is 0 Å². The van der Waals surface area contributed by atoms with Crippen LogP contribution < -0.4 is 11.1 Å². The van der Waals surface area contributed by atoms with Crippen LogP contribution in [0, 0.1) is 0 Å². The van der Waals surface area contributed by atoms with E-state index in [9.17, 15) is 19.2 Å². The number of hydrogen-bond donors (Lipinski definition) is 2. The minimum atomic E-state index is -0.616. The predicted octanol–water partition coefficient (Wildman–Crippen LogP) is 0.174. The van der Waals surface area contributed by atoms with Crippen LogP contribution >= 0.6 is 31.9 Å². The minimum Gasteiger partial charge on any atom is -0.386 e. The molecule has 0 saturated heterocycles. The van der Waals surface area contributed by atoms with Gasteiger partial charge in [-0.15, -0.1) is 0 Å². The predicted molar refractivity (Wildman–Crippen MR) is 63.5 cm³/mol. The molecular formula is C8H4Br2N2O5. The first-order chi connectivity index (χ1) is 7.90. The minimum absolute atomic E-state index is 0.183. The molecule has 0 aliphatic carbocycles. The Kier molecular flexibility index (Phi) is 4.58. The number of esters is 2. The lowest BCUT2D eigenvalue weighted by Gasteiger charge is -1.82. The highest BCUT2D eigenvalue weighted by atomic mass is 79.9. The van der Waals surface area contributed by atoms with Crippen molar-refractivity contribution in [2.45, 2.75) is 0 Å². The smallest absolute Gasteiger partial charge is 0.353 e. The Hall–Kier alpha value is -1.48. The zero-order valence-electron chi connectivity index (χ0n) is 7.95. The van der Waals surface area contributed by atoms with E-state index < -0.39 is 11.9 Å². The second kappa shape index (κ2) is 5.73. The number of rotatable bonds is 0. The highest BCUT2D eigenvalue weighted by Crippen LogP contribution is 2.13. The second-order valence-corrected chi connectivity index (χ2v) is 4.35. The number of halogens is 2. The molecule has 1 aromatic heterocycles. The van der Waals surface area contributed by atoms with Crippen LogP contribution in [0.3, 0.4) is 0 Å². The average molecular weight is 368 g/mol. The third-order valence-electron chi connectivity index (χ3n) is 1.41. The van der Waals surface area contributed by atoms with Crippen LogP contribution in [0.2, 0.25) is 0 Å². The zero-order valence-corrected chi connectivity index (χ0v) is 11.1. The van der Waals surface area contributed by atoms with Gasteiger partial charge in [0.15, 0.2) is 0 Å². The topological polar surface area (TPSA) is 109 Å². The molecule has 0 radical (unpaired) electrons. The molecule has 1 aliphatic heterocycles. The Morgan fingerprint density at radius 1 is 1.06 bits per heavy atom. The molecule has 1 aromatic rings. The van der Waals surface area contributed by atoms with Gasteiger partial charge in [-0.05, 0) is 31.9 Å². The fraction of sp³-hybridized carbons (Fsp3) is 0. The molecule has 2 N–H and O–H groups in total. The summed E-state index contributed by atoms with van der Waals surface area (Å²) in [6.45, 7) is 0. The summed E-state index contributed by atoms with van der Waals surface area (Å²) in [5, 5.41) is 4.25. The summed E-state index contributed by atoms with van der Waals surface area (Å²) >= 11 is 5.69. The van der Waals surface area contributed by atoms with Gasteiger partial charge in [-0.2, -0.15) is 0 Å². The molecule has 0 atom stereocenters. The Balaban J connectivity index is 0.000000171. The largest absolute Gasteiger partial charge is 0.386 e. The van der Waals surface area contributed by atoms with Gasteiger partial charge in [-0.25, -0.2) is 9.59 Å². The van der Waals surface area contributed by atoms with Crippen LogP contribution in [0.25, 0.3) is 0 Å². The van der Waals surface area contributed by atoms with Gasteiger partial charge in [0, 0.05) is 12.1 Å². The van der Waals surface area contributed by atoms with Gasteiger partial charge < -0.3 is 4.74 Å². The summed E-state index contributed by atoms with van der Waals surface area (Å²) in [7, 11) is 0. The number of aromatic nitrogens is 2. The standard InChI is InChI=1S/C4H3BrN2O2.C4HBrO3/c5-2-1-3(8)6-7-4(2)9;5-2-1-3(6)8-4(2)7/h1H,(H,6,8)(H,7,9);1H. The van der Waals surface area contributed by atoms with Crippen LogP contribution in [-0.4, -0.2) is 22.1 Å². The van der Waals surface area contributed by atoms with E-state index in [2.05, 4.69) is 46.8 Å². The molecule has 0 saturated carbocycles. The highest BCUT2D eigenvalue weighted by molar-refractivity contribution is 9.12. The van der Waals surface area contributed by atoms with E-state index in [0.717, 1.165) is 6.08 Å². The van der Waals surface area contributed by atoms with Crippen molar-refractivity contribution in [3.8, 4) is 0 Å². The van der Waals surface area contributed by atoms with E-state index >= 15 is 0 Å². The number of aromatic amines is 2. The molecule has 0 spiro atoms. The number of carbonyl (C=O) groups is 2. The van der Waals surface area contributed by atoms with Gasteiger partial charge in [-0.3, -0.25) is 19.8 Å². The molecule has 90 valence electrons. The van der Waals surface area contributed by atoms with Crippen molar-refractivity contribution in [2.75, 3.05) is 0 Å². The lowest BCUT2D eigenvalue weighted by atomic mass is 10.6. The maximum absolute atomic E-state index is 10.5. The molecule has 1 aliphatic rings. The lowest BCUT2D eigenvalue weighted by molar-refractivity contribution is -0.150. The molecule has 2 rings (SSSR count). The van der Waals surface area contributed by atoms with E-state index in [0.29, 0.717) is 0 Å². The van der Waals surface area contributed by atoms with Crippen molar-refractivity contribution in [3.05, 3.63) is 41.8 Å². The summed E-state index contributed by atoms with van der Waals surface area (Å²) in [5.74, 6) is -1.23. The molecule has 0 bridgehead atoms. The van der Waals surface area contributed by atoms with Crippen molar-refractivity contribution in [2.24, 2.45) is 0 Å². The van der Waals surface area contributed by atoms with E-state index in [1.807, 2.05) is 0 Å². The van der Waals surface area contributed by atoms with Gasteiger partial charge in [0.05, 0.1) is 4.47 Å². The van der Waals surface area contributed by atoms with Crippen LogP contribution in [-0.2, 0) is 14.3 Å². The number of cyclic esters (lactones) is 2. The molecule has 0 aromatic carbocycles. The van der Waals surface area contributed by atoms with Gasteiger partial charge in [0.2, 0.25) is 0 Å². The van der Waals surface area contributed by atoms with Crippen molar-refractivity contribution in [1.29, 1.82) is 0 Å². The maximum Gasteiger partial charge on any atom is 0.353 e. The van der Waals surface area contributed by atoms with Crippen LogP contribution in [0.5, 0.6) is 0 Å². The molecule has 0 fully saturated rings. The quantitative estimate of drug-likeness (QED) is 0.502. The summed E-state index contributed by atoms with van der Waals surface area (Å²) in [5.41, 5.74) is -0.670. The first kappa shape index (κ1) is 13.6. The fourth-order valence-electron chi connectivity index (χ4n) is 0.727. The third kappa shape index (κ3) is 4.11. The molecular weight excluding hydrogens is 364 g/mol. The van der Waals surface area contributed by atoms with Crippen LogP contribution in [0.15, 0.2) is 30.7 Å². The Bertz CT molecular complexity index is 600. The van der Waals surface area contributed by atoms with Crippen molar-refractivity contribution < 1.29 is 14.3 Å². The number of hydrogen-bond acceptors (Lipinski definition) is 5. The molecule has 2 heterocycles. The average Bonchev–Trinajstić information content (AvgIpc) is 2.52. The monoisotopic (exact) mass is 366 g/mol. The molecule has 0 amide bonds. The van der Waals surface area contributed by atoms with Gasteiger partial charge in [0.1, 0.15) is 4.48 Å².